The second-order valence-electron chi connectivity index (χ2n) is 7.52. The number of amides is 1. The largest absolute Gasteiger partial charge is 0.490 e. The molecule has 1 atom stereocenters. The quantitative estimate of drug-likeness (QED) is 0.698. The van der Waals surface area contributed by atoms with E-state index in [-0.39, 0.29) is 18.4 Å². The van der Waals surface area contributed by atoms with Crippen LogP contribution in [0.25, 0.3) is 11.0 Å². The summed E-state index contributed by atoms with van der Waals surface area (Å²) in [4.78, 5) is 22.8. The molecule has 5 rings (SSSR count). The Morgan fingerprint density at radius 1 is 1.14 bits per heavy atom. The van der Waals surface area contributed by atoms with Gasteiger partial charge in [-0.25, -0.2) is 4.98 Å². The Morgan fingerprint density at radius 3 is 2.90 bits per heavy atom. The topological polar surface area (TPSA) is 67.5 Å². The van der Waals surface area contributed by atoms with E-state index >= 15 is 0 Å². The number of imidazole rings is 1. The van der Waals surface area contributed by atoms with Gasteiger partial charge in [0.2, 0.25) is 5.91 Å². The van der Waals surface area contributed by atoms with Gasteiger partial charge in [-0.2, -0.15) is 0 Å². The summed E-state index contributed by atoms with van der Waals surface area (Å²) < 4.78 is 11.6. The molecule has 1 amide bonds. The number of fused-ring (bicyclic) bond motifs is 2. The predicted molar refractivity (Wildman–Crippen MR) is 111 cm³/mol. The first kappa shape index (κ1) is 18.3. The average molecular weight is 412 g/mol. The molecule has 150 valence electrons. The van der Waals surface area contributed by atoms with Crippen LogP contribution in [-0.2, 0) is 11.2 Å². The molecule has 0 saturated carbocycles. The van der Waals surface area contributed by atoms with Gasteiger partial charge in [0, 0.05) is 18.0 Å². The highest BCUT2D eigenvalue weighted by Crippen LogP contribution is 2.38. The lowest BCUT2D eigenvalue weighted by Crippen LogP contribution is -2.32. The molecule has 0 aliphatic carbocycles. The fourth-order valence-corrected chi connectivity index (χ4v) is 4.33. The maximum Gasteiger partial charge on any atom is 0.230 e. The number of nitrogens with zero attached hydrogens (tertiary/aromatic N) is 2. The Kier molecular flexibility index (Phi) is 4.79. The van der Waals surface area contributed by atoms with E-state index in [1.165, 1.54) is 0 Å². The summed E-state index contributed by atoms with van der Waals surface area (Å²) in [5.41, 5.74) is 2.76. The van der Waals surface area contributed by atoms with Crippen molar-refractivity contribution in [1.82, 2.24) is 14.9 Å². The van der Waals surface area contributed by atoms with Crippen molar-refractivity contribution in [2.75, 3.05) is 19.8 Å². The standard InChI is InChI=1S/C22H22ClN3O3/c23-15-5-6-16-17(12-15)25-21(24-16)13-22(27)26-8-1-3-18(26)14-4-7-19-20(11-14)29-10-2-9-28-19/h4-7,11-12,18H,1-3,8-10,13H2,(H,24,25)/t18-/m1/s1. The van der Waals surface area contributed by atoms with Crippen LogP contribution >= 0.6 is 11.6 Å². The normalized spacial score (nSPS) is 18.8. The summed E-state index contributed by atoms with van der Waals surface area (Å²) in [5, 5.41) is 0.646. The Morgan fingerprint density at radius 2 is 2.00 bits per heavy atom. The van der Waals surface area contributed by atoms with E-state index < -0.39 is 0 Å². The molecule has 7 heteroatoms. The third-order valence-corrected chi connectivity index (χ3v) is 5.78. The summed E-state index contributed by atoms with van der Waals surface area (Å²) in [6.45, 7) is 2.08. The summed E-state index contributed by atoms with van der Waals surface area (Å²) in [6, 6.07) is 11.6. The Balaban J connectivity index is 1.35. The number of carbonyl (C=O) groups is 1. The number of nitrogens with one attached hydrogen (secondary N) is 1. The molecule has 1 aromatic heterocycles. The number of ether oxygens (including phenoxy) is 2. The van der Waals surface area contributed by atoms with E-state index in [1.807, 2.05) is 35.2 Å². The summed E-state index contributed by atoms with van der Waals surface area (Å²) in [5.74, 6) is 2.29. The average Bonchev–Trinajstić information content (AvgIpc) is 3.28. The molecule has 3 aromatic rings. The molecular weight excluding hydrogens is 390 g/mol. The van der Waals surface area contributed by atoms with Crippen LogP contribution in [0.3, 0.4) is 0 Å². The third kappa shape index (κ3) is 3.65. The van der Waals surface area contributed by atoms with Crippen LogP contribution in [0.4, 0.5) is 0 Å². The number of aromatic amines is 1. The van der Waals surface area contributed by atoms with Crippen molar-refractivity contribution in [2.45, 2.75) is 31.7 Å². The lowest BCUT2D eigenvalue weighted by molar-refractivity contribution is -0.131. The minimum atomic E-state index is 0.0541. The van der Waals surface area contributed by atoms with E-state index in [0.29, 0.717) is 24.1 Å². The molecule has 2 aromatic carbocycles. The second-order valence-corrected chi connectivity index (χ2v) is 7.96. The van der Waals surface area contributed by atoms with Crippen LogP contribution in [0.15, 0.2) is 36.4 Å². The fourth-order valence-electron chi connectivity index (χ4n) is 4.16. The monoisotopic (exact) mass is 411 g/mol. The van der Waals surface area contributed by atoms with Crippen molar-refractivity contribution < 1.29 is 14.3 Å². The van der Waals surface area contributed by atoms with Gasteiger partial charge in [-0.1, -0.05) is 17.7 Å². The number of carbonyl (C=O) groups excluding carboxylic acids is 1. The van der Waals surface area contributed by atoms with Crippen molar-refractivity contribution in [1.29, 1.82) is 0 Å². The highest BCUT2D eigenvalue weighted by Gasteiger charge is 2.31. The molecule has 1 saturated heterocycles. The molecule has 0 unspecified atom stereocenters. The minimum absolute atomic E-state index is 0.0541. The SMILES string of the molecule is O=C(Cc1nc2ccc(Cl)cc2[nH]1)N1CCC[C@@H]1c1ccc2c(c1)OCCCO2. The van der Waals surface area contributed by atoms with Gasteiger partial charge in [0.05, 0.1) is 36.7 Å². The molecule has 6 nitrogen and oxygen atoms in total. The summed E-state index contributed by atoms with van der Waals surface area (Å²) in [6.07, 6.45) is 3.05. The highest BCUT2D eigenvalue weighted by molar-refractivity contribution is 6.31. The van der Waals surface area contributed by atoms with Crippen LogP contribution in [-0.4, -0.2) is 40.5 Å². The Labute approximate surface area is 173 Å². The van der Waals surface area contributed by atoms with Gasteiger partial charge in [0.25, 0.3) is 0 Å². The Hall–Kier alpha value is -2.73. The van der Waals surface area contributed by atoms with E-state index in [9.17, 15) is 4.79 Å². The second kappa shape index (κ2) is 7.59. The van der Waals surface area contributed by atoms with Crippen molar-refractivity contribution in [3.63, 3.8) is 0 Å². The third-order valence-electron chi connectivity index (χ3n) is 5.54. The van der Waals surface area contributed by atoms with Gasteiger partial charge < -0.3 is 19.4 Å². The number of rotatable bonds is 3. The van der Waals surface area contributed by atoms with Gasteiger partial charge in [0.15, 0.2) is 11.5 Å². The molecule has 2 aliphatic rings. The first-order chi connectivity index (χ1) is 14.2. The number of hydrogen-bond acceptors (Lipinski definition) is 4. The number of H-pyrrole nitrogens is 1. The van der Waals surface area contributed by atoms with E-state index in [4.69, 9.17) is 21.1 Å². The maximum atomic E-state index is 13.1. The van der Waals surface area contributed by atoms with Crippen molar-refractivity contribution >= 4 is 28.5 Å². The minimum Gasteiger partial charge on any atom is -0.490 e. The van der Waals surface area contributed by atoms with Crippen LogP contribution in [0.2, 0.25) is 5.02 Å². The van der Waals surface area contributed by atoms with Gasteiger partial charge in [-0.05, 0) is 48.7 Å². The molecule has 29 heavy (non-hydrogen) atoms. The summed E-state index contributed by atoms with van der Waals surface area (Å²) in [7, 11) is 0. The number of likely N-dealkylation sites (tertiary alicyclic amines) is 1. The van der Waals surface area contributed by atoms with Crippen molar-refractivity contribution in [3.05, 3.63) is 52.8 Å². The molecule has 1 N–H and O–H groups in total. The zero-order valence-electron chi connectivity index (χ0n) is 16.0. The predicted octanol–water partition coefficient (Wildman–Crippen LogP) is 4.28. The molecule has 0 radical (unpaired) electrons. The van der Waals surface area contributed by atoms with Gasteiger partial charge in [0.1, 0.15) is 5.82 Å². The Bertz CT molecular complexity index is 1060. The molecular formula is C22H22ClN3O3. The molecule has 3 heterocycles. The summed E-state index contributed by atoms with van der Waals surface area (Å²) >= 11 is 6.04. The smallest absolute Gasteiger partial charge is 0.230 e. The molecule has 1 fully saturated rings. The molecule has 0 spiro atoms. The van der Waals surface area contributed by atoms with Crippen molar-refractivity contribution in [2.24, 2.45) is 0 Å². The molecule has 0 bridgehead atoms. The number of halogens is 1. The van der Waals surface area contributed by atoms with Crippen LogP contribution in [0.1, 0.15) is 36.7 Å². The van der Waals surface area contributed by atoms with E-state index in [1.54, 1.807) is 6.07 Å². The number of hydrogen-bond donors (Lipinski definition) is 1. The lowest BCUT2D eigenvalue weighted by atomic mass is 10.0. The zero-order valence-corrected chi connectivity index (χ0v) is 16.7. The van der Waals surface area contributed by atoms with E-state index in [0.717, 1.165) is 53.9 Å². The first-order valence-corrected chi connectivity index (χ1v) is 10.4. The molecule has 2 aliphatic heterocycles. The van der Waals surface area contributed by atoms with Gasteiger partial charge in [-0.15, -0.1) is 0 Å². The van der Waals surface area contributed by atoms with Crippen LogP contribution < -0.4 is 9.47 Å². The maximum absolute atomic E-state index is 13.1. The fraction of sp³-hybridized carbons (Fsp3) is 0.364. The lowest BCUT2D eigenvalue weighted by Gasteiger charge is -2.25. The van der Waals surface area contributed by atoms with Crippen molar-refractivity contribution in [3.8, 4) is 11.5 Å². The van der Waals surface area contributed by atoms with Crippen LogP contribution in [0, 0.1) is 0 Å². The van der Waals surface area contributed by atoms with Gasteiger partial charge >= 0.3 is 0 Å². The highest BCUT2D eigenvalue weighted by atomic mass is 35.5. The van der Waals surface area contributed by atoms with E-state index in [2.05, 4.69) is 9.97 Å². The van der Waals surface area contributed by atoms with Crippen LogP contribution in [0.5, 0.6) is 11.5 Å². The number of benzene rings is 2. The number of aromatic nitrogens is 2. The van der Waals surface area contributed by atoms with Gasteiger partial charge in [-0.3, -0.25) is 4.79 Å². The first-order valence-electron chi connectivity index (χ1n) is 10.0. The zero-order chi connectivity index (χ0) is 19.8.